The summed E-state index contributed by atoms with van der Waals surface area (Å²) in [5.41, 5.74) is 18.7. The van der Waals surface area contributed by atoms with Crippen molar-refractivity contribution in [1.82, 2.24) is 0 Å². The first-order chi connectivity index (χ1) is 45.2. The van der Waals surface area contributed by atoms with Crippen molar-refractivity contribution in [2.75, 3.05) is 0 Å². The molecule has 0 aromatic heterocycles. The molecule has 0 heterocycles. The molecule has 4 aliphatic rings. The van der Waals surface area contributed by atoms with Gasteiger partial charge in [-0.05, 0) is 0 Å². The molecule has 0 saturated heterocycles. The molecule has 0 spiro atoms. The van der Waals surface area contributed by atoms with E-state index < -0.39 is 21.5 Å². The Kier molecular flexibility index (Phi) is 13.8. The summed E-state index contributed by atoms with van der Waals surface area (Å²) >= 11 is -5.97. The fourth-order valence-corrected chi connectivity index (χ4v) is 49.8. The quantitative estimate of drug-likeness (QED) is 0.0894. The summed E-state index contributed by atoms with van der Waals surface area (Å²) in [6.45, 7) is 5.23. The van der Waals surface area contributed by atoms with E-state index in [4.69, 9.17) is 0 Å². The van der Waals surface area contributed by atoms with Gasteiger partial charge in [-0.25, -0.2) is 0 Å². The molecule has 2 fully saturated rings. The Bertz CT molecular complexity index is 4930. The van der Waals surface area contributed by atoms with Gasteiger partial charge in [0.05, 0.1) is 0 Å². The normalized spacial score (nSPS) is 17.5. The van der Waals surface area contributed by atoms with Crippen LogP contribution in [0.1, 0.15) is 93.7 Å². The van der Waals surface area contributed by atoms with Crippen molar-refractivity contribution in [3.05, 3.63) is 276 Å². The maximum absolute atomic E-state index is 10.3. The second-order valence-corrected chi connectivity index (χ2v) is 70.7. The van der Waals surface area contributed by atoms with Crippen molar-refractivity contribution >= 4 is 121 Å². The summed E-state index contributed by atoms with van der Waals surface area (Å²) in [7, 11) is 20.6. The molecule has 0 N–H and O–H groups in total. The van der Waals surface area contributed by atoms with Gasteiger partial charge >= 0.3 is 554 Å². The molecule has 447 valence electrons. The predicted molar refractivity (Wildman–Crippen MR) is 400 cm³/mol. The van der Waals surface area contributed by atoms with Crippen molar-refractivity contribution in [1.29, 1.82) is 0 Å². The molecule has 2 saturated carbocycles. The number of halogens is 2. The molecule has 2 unspecified atom stereocenters. The minimum atomic E-state index is -5.97. The van der Waals surface area contributed by atoms with E-state index in [1.54, 1.807) is 0 Å². The predicted octanol–water partition coefficient (Wildman–Crippen LogP) is 26.3. The average molecular weight is 1320 g/mol. The van der Waals surface area contributed by atoms with Gasteiger partial charge in [-0.15, -0.1) is 0 Å². The Morgan fingerprint density at radius 1 is 0.315 bits per heavy atom. The second-order valence-electron chi connectivity index (χ2n) is 28.1. The standard InChI is InChI=1S/2C43H33.C2H7Si.2ClH.Zr/c2*1-2-12-28(11-1)23-29-24-40-38(42-34-17-7-3-13-30(34)26-31-14-4-8-18-35(31)42)21-22-39(41(40)25-29)43-36-19-9-5-15-32(36)27-33-16-6-10-20-37(33)43;1-3-2;;;/h2*3-10,13-22,24-28H,1-2,11-12,23H2;3H,1-2H3;2*1H;/q;;;;;+2/p-2. The van der Waals surface area contributed by atoms with E-state index in [1.807, 2.05) is 0 Å². The van der Waals surface area contributed by atoms with Gasteiger partial charge in [-0.3, -0.25) is 0 Å². The summed E-state index contributed by atoms with van der Waals surface area (Å²) in [6.07, 6.45) is 17.5. The molecule has 92 heavy (non-hydrogen) atoms. The number of rotatable bonds is 11. The monoisotopic (exact) mass is 1320 g/mol. The van der Waals surface area contributed by atoms with Crippen LogP contribution < -0.4 is 0 Å². The first-order valence-electron chi connectivity index (χ1n) is 34.1. The summed E-state index contributed by atoms with van der Waals surface area (Å²) in [5, 5.41) is 20.2. The molecule has 0 amide bonds. The Hall–Kier alpha value is -7.68. The second kappa shape index (κ2) is 22.2. The Labute approximate surface area is 549 Å². The van der Waals surface area contributed by atoms with Crippen LogP contribution in [0, 0.1) is 11.8 Å². The van der Waals surface area contributed by atoms with Gasteiger partial charge in [-0.1, -0.05) is 0 Å². The average Bonchev–Trinajstić information content (AvgIpc) is 1.46. The van der Waals surface area contributed by atoms with Gasteiger partial charge in [0.1, 0.15) is 0 Å². The van der Waals surface area contributed by atoms with E-state index >= 15 is 0 Å². The van der Waals surface area contributed by atoms with Crippen LogP contribution in [-0.2, 0) is 15.6 Å². The zero-order valence-corrected chi connectivity index (χ0v) is 57.6. The number of fused-ring (bicyclic) bond motifs is 10. The van der Waals surface area contributed by atoms with Crippen molar-refractivity contribution in [3.8, 4) is 44.5 Å². The van der Waals surface area contributed by atoms with E-state index in [0.29, 0.717) is 11.8 Å². The van der Waals surface area contributed by atoms with Crippen LogP contribution in [0.5, 0.6) is 0 Å². The van der Waals surface area contributed by atoms with E-state index in [0.717, 1.165) is 12.8 Å². The van der Waals surface area contributed by atoms with Crippen LogP contribution >= 0.6 is 17.0 Å². The molecular weight excluding hydrogens is 1250 g/mol. The Morgan fingerprint density at radius 2 is 0.543 bits per heavy atom. The molecule has 0 nitrogen and oxygen atoms in total. The van der Waals surface area contributed by atoms with E-state index in [1.165, 1.54) is 215 Å². The minimum absolute atomic E-state index is 0.182. The summed E-state index contributed by atoms with van der Waals surface area (Å²) in [5.74, 6) is -1.12. The van der Waals surface area contributed by atoms with Crippen LogP contribution in [0.2, 0.25) is 13.1 Å². The van der Waals surface area contributed by atoms with Crippen LogP contribution in [0.4, 0.5) is 0 Å². The van der Waals surface area contributed by atoms with Crippen LogP contribution in [0.15, 0.2) is 254 Å². The Balaban J connectivity index is 1.01. The number of hydrogen-bond acceptors (Lipinski definition) is 0. The third-order valence-electron chi connectivity index (χ3n) is 22.9. The van der Waals surface area contributed by atoms with Gasteiger partial charge in [0.2, 0.25) is 0 Å². The fourth-order valence-electron chi connectivity index (χ4n) is 18.7. The molecule has 14 aromatic carbocycles. The number of allylic oxidation sites excluding steroid dienone is 2. The summed E-state index contributed by atoms with van der Waals surface area (Å²) in [6, 6.07) is 92.9. The fraction of sp³-hybridized carbons (Fsp3) is 0.182. The molecule has 18 rings (SSSR count). The van der Waals surface area contributed by atoms with Gasteiger partial charge in [0, 0.05) is 0 Å². The first kappa shape index (κ1) is 57.0. The zero-order chi connectivity index (χ0) is 61.4. The first-order valence-corrected chi connectivity index (χ1v) is 50.4. The van der Waals surface area contributed by atoms with E-state index in [2.05, 4.69) is 268 Å². The van der Waals surface area contributed by atoms with E-state index in [9.17, 15) is 17.0 Å². The summed E-state index contributed by atoms with van der Waals surface area (Å²) in [4.78, 5) is 0. The molecule has 0 radical (unpaired) electrons. The zero-order valence-electron chi connectivity index (χ0n) is 52.5. The van der Waals surface area contributed by atoms with Crippen molar-refractivity contribution in [2.45, 2.75) is 84.6 Å². The van der Waals surface area contributed by atoms with Gasteiger partial charge < -0.3 is 0 Å². The third kappa shape index (κ3) is 8.83. The summed E-state index contributed by atoms with van der Waals surface area (Å²) < 4.78 is -0.365. The van der Waals surface area contributed by atoms with Crippen molar-refractivity contribution in [3.63, 3.8) is 0 Å². The molecule has 4 aliphatic carbocycles. The molecular formula is C88H73Cl2SiZr. The molecule has 14 aromatic rings. The van der Waals surface area contributed by atoms with Crippen molar-refractivity contribution < 1.29 is 15.6 Å². The van der Waals surface area contributed by atoms with Crippen LogP contribution in [-0.4, -0.2) is 5.92 Å². The van der Waals surface area contributed by atoms with Crippen LogP contribution in [0.3, 0.4) is 0 Å². The molecule has 4 heteroatoms. The van der Waals surface area contributed by atoms with E-state index in [-0.39, 0.29) is 7.25 Å². The van der Waals surface area contributed by atoms with Gasteiger partial charge in [0.15, 0.2) is 0 Å². The molecule has 0 aliphatic heterocycles. The SMILES string of the molecule is C[SiH](C)[Zr]([Cl])([Cl])([CH]1C(CC2CCCC2)=Cc2c(-c3c4ccccc4cc4ccccc34)ccc(-c3c4ccccc4cc4ccccc34)c21)[CH]1C(CC2CCCC2)=Cc2c(-c3c4ccccc4cc4ccccc34)ccc(-c3c4ccccc4cc4ccccc34)c21. The molecule has 2 atom stereocenters. The Morgan fingerprint density at radius 3 is 0.793 bits per heavy atom. The third-order valence-corrected chi connectivity index (χ3v) is 74.7. The van der Waals surface area contributed by atoms with Gasteiger partial charge in [0.25, 0.3) is 0 Å². The van der Waals surface area contributed by atoms with Crippen molar-refractivity contribution in [2.24, 2.45) is 11.8 Å². The topological polar surface area (TPSA) is 0 Å². The maximum atomic E-state index is 10.3. The molecule has 0 bridgehead atoms. The number of benzene rings is 14. The number of hydrogen-bond donors (Lipinski definition) is 0. The van der Waals surface area contributed by atoms with Crippen LogP contribution in [0.25, 0.3) is 143 Å². The van der Waals surface area contributed by atoms with Gasteiger partial charge in [-0.2, -0.15) is 0 Å².